The number of rotatable bonds is 5. The van der Waals surface area contributed by atoms with Gasteiger partial charge < -0.3 is 10.6 Å². The molecule has 0 bridgehead atoms. The lowest BCUT2D eigenvalue weighted by molar-refractivity contribution is 0.102. The maximum atomic E-state index is 12.3. The van der Waals surface area contributed by atoms with Crippen molar-refractivity contribution < 1.29 is 4.79 Å². The van der Waals surface area contributed by atoms with Gasteiger partial charge in [-0.25, -0.2) is 0 Å². The van der Waals surface area contributed by atoms with E-state index < -0.39 is 0 Å². The number of carbonyl (C=O) groups is 1. The summed E-state index contributed by atoms with van der Waals surface area (Å²) in [6, 6.07) is 8.84. The van der Waals surface area contributed by atoms with E-state index in [0.717, 1.165) is 18.7 Å². The molecule has 5 heteroatoms. The van der Waals surface area contributed by atoms with Crippen molar-refractivity contribution in [2.45, 2.75) is 13.3 Å². The molecule has 0 saturated carbocycles. The van der Waals surface area contributed by atoms with Crippen LogP contribution in [0, 0.1) is 0 Å². The first-order chi connectivity index (χ1) is 9.70. The molecule has 0 saturated heterocycles. The Morgan fingerprint density at radius 1 is 1.35 bits per heavy atom. The van der Waals surface area contributed by atoms with Crippen molar-refractivity contribution in [1.82, 2.24) is 4.98 Å². The van der Waals surface area contributed by atoms with E-state index >= 15 is 0 Å². The number of nitrogens with zero attached hydrogens (tertiary/aromatic N) is 1. The SMILES string of the molecule is CCCNc1ccncc1C(=O)Nc1cccc(Cl)c1. The number of halogens is 1. The van der Waals surface area contributed by atoms with Gasteiger partial charge in [-0.05, 0) is 30.7 Å². The summed E-state index contributed by atoms with van der Waals surface area (Å²) in [4.78, 5) is 16.3. The summed E-state index contributed by atoms with van der Waals surface area (Å²) >= 11 is 5.90. The molecule has 20 heavy (non-hydrogen) atoms. The number of anilines is 2. The summed E-state index contributed by atoms with van der Waals surface area (Å²) in [5.41, 5.74) is 1.95. The van der Waals surface area contributed by atoms with Crippen molar-refractivity contribution >= 4 is 28.9 Å². The quantitative estimate of drug-likeness (QED) is 0.880. The number of hydrogen-bond donors (Lipinski definition) is 2. The smallest absolute Gasteiger partial charge is 0.259 e. The molecule has 104 valence electrons. The van der Waals surface area contributed by atoms with Crippen molar-refractivity contribution in [1.29, 1.82) is 0 Å². The molecule has 0 aliphatic heterocycles. The van der Waals surface area contributed by atoms with Gasteiger partial charge in [-0.2, -0.15) is 0 Å². The van der Waals surface area contributed by atoms with Crippen LogP contribution in [0.4, 0.5) is 11.4 Å². The first-order valence-corrected chi connectivity index (χ1v) is 6.83. The minimum Gasteiger partial charge on any atom is -0.384 e. The summed E-state index contributed by atoms with van der Waals surface area (Å²) in [7, 11) is 0. The van der Waals surface area contributed by atoms with Crippen LogP contribution in [0.5, 0.6) is 0 Å². The van der Waals surface area contributed by atoms with E-state index in [0.29, 0.717) is 16.3 Å². The lowest BCUT2D eigenvalue weighted by Gasteiger charge is -2.11. The number of nitrogens with one attached hydrogen (secondary N) is 2. The third-order valence-electron chi connectivity index (χ3n) is 2.71. The van der Waals surface area contributed by atoms with Gasteiger partial charge in [0.15, 0.2) is 0 Å². The Kier molecular flexibility index (Phi) is 4.96. The average Bonchev–Trinajstić information content (AvgIpc) is 2.45. The van der Waals surface area contributed by atoms with Crippen molar-refractivity contribution in [2.75, 3.05) is 17.2 Å². The summed E-state index contributed by atoms with van der Waals surface area (Å²) < 4.78 is 0. The largest absolute Gasteiger partial charge is 0.384 e. The Balaban J connectivity index is 2.16. The molecule has 2 aromatic rings. The topological polar surface area (TPSA) is 54.0 Å². The number of pyridine rings is 1. The molecular formula is C15H16ClN3O. The van der Waals surface area contributed by atoms with Gasteiger partial charge in [-0.3, -0.25) is 9.78 Å². The molecule has 0 fully saturated rings. The van der Waals surface area contributed by atoms with Crippen molar-refractivity contribution in [3.05, 3.63) is 53.3 Å². The molecule has 0 atom stereocenters. The van der Waals surface area contributed by atoms with Gasteiger partial charge in [-0.1, -0.05) is 24.6 Å². The molecule has 1 aromatic carbocycles. The van der Waals surface area contributed by atoms with Crippen molar-refractivity contribution in [3.8, 4) is 0 Å². The molecule has 2 rings (SSSR count). The van der Waals surface area contributed by atoms with E-state index in [1.807, 2.05) is 0 Å². The Labute approximate surface area is 123 Å². The standard InChI is InChI=1S/C15H16ClN3O/c1-2-7-18-14-6-8-17-10-13(14)15(20)19-12-5-3-4-11(16)9-12/h3-6,8-10H,2,7H2,1H3,(H,17,18)(H,19,20). The van der Waals surface area contributed by atoms with Gasteiger partial charge in [0, 0.05) is 29.6 Å². The number of carbonyl (C=O) groups excluding carboxylic acids is 1. The Bertz CT molecular complexity index is 601. The first kappa shape index (κ1) is 14.3. The molecule has 0 unspecified atom stereocenters. The lowest BCUT2D eigenvalue weighted by atomic mass is 10.2. The number of benzene rings is 1. The summed E-state index contributed by atoms with van der Waals surface area (Å²) in [5, 5.41) is 6.61. The fourth-order valence-corrected chi connectivity index (χ4v) is 1.94. The molecule has 0 aliphatic rings. The van der Waals surface area contributed by atoms with Gasteiger partial charge in [0.1, 0.15) is 0 Å². The molecule has 1 aromatic heterocycles. The highest BCUT2D eigenvalue weighted by atomic mass is 35.5. The van der Waals surface area contributed by atoms with Gasteiger partial charge in [-0.15, -0.1) is 0 Å². The van der Waals surface area contributed by atoms with E-state index in [9.17, 15) is 4.79 Å². The molecule has 2 N–H and O–H groups in total. The molecule has 1 amide bonds. The predicted octanol–water partition coefficient (Wildman–Crippen LogP) is 3.81. The number of hydrogen-bond acceptors (Lipinski definition) is 3. The van der Waals surface area contributed by atoms with Crippen LogP contribution in [-0.4, -0.2) is 17.4 Å². The average molecular weight is 290 g/mol. The van der Waals surface area contributed by atoms with E-state index in [1.54, 1.807) is 42.7 Å². The minimum atomic E-state index is -0.209. The number of amides is 1. The van der Waals surface area contributed by atoms with Gasteiger partial charge in [0.05, 0.1) is 11.3 Å². The van der Waals surface area contributed by atoms with Gasteiger partial charge in [0.25, 0.3) is 5.91 Å². The van der Waals surface area contributed by atoms with E-state index in [1.165, 1.54) is 0 Å². The molecule has 0 aliphatic carbocycles. The minimum absolute atomic E-state index is 0.209. The van der Waals surface area contributed by atoms with E-state index in [-0.39, 0.29) is 5.91 Å². The lowest BCUT2D eigenvalue weighted by Crippen LogP contribution is -2.15. The zero-order valence-corrected chi connectivity index (χ0v) is 11.9. The molecule has 1 heterocycles. The first-order valence-electron chi connectivity index (χ1n) is 6.45. The summed E-state index contributed by atoms with van der Waals surface area (Å²) in [6.45, 7) is 2.88. The molecule has 0 radical (unpaired) electrons. The fourth-order valence-electron chi connectivity index (χ4n) is 1.75. The second-order valence-electron chi connectivity index (χ2n) is 4.31. The van der Waals surface area contributed by atoms with Crippen molar-refractivity contribution in [3.63, 3.8) is 0 Å². The zero-order valence-electron chi connectivity index (χ0n) is 11.2. The van der Waals surface area contributed by atoms with Crippen molar-refractivity contribution in [2.24, 2.45) is 0 Å². The maximum Gasteiger partial charge on any atom is 0.259 e. The molecule has 0 spiro atoms. The maximum absolute atomic E-state index is 12.3. The highest BCUT2D eigenvalue weighted by Gasteiger charge is 2.11. The monoisotopic (exact) mass is 289 g/mol. The van der Waals surface area contributed by atoms with E-state index in [4.69, 9.17) is 11.6 Å². The van der Waals surface area contributed by atoms with Crippen LogP contribution >= 0.6 is 11.6 Å². The van der Waals surface area contributed by atoms with Crippen LogP contribution in [0.25, 0.3) is 0 Å². The predicted molar refractivity (Wildman–Crippen MR) is 82.4 cm³/mol. The second kappa shape index (κ2) is 6.91. The summed E-state index contributed by atoms with van der Waals surface area (Å²) in [6.07, 6.45) is 4.20. The van der Waals surface area contributed by atoms with Gasteiger partial charge in [0.2, 0.25) is 0 Å². The van der Waals surface area contributed by atoms with Crippen LogP contribution in [0.3, 0.4) is 0 Å². The molecule has 4 nitrogen and oxygen atoms in total. The normalized spacial score (nSPS) is 10.1. The third-order valence-corrected chi connectivity index (χ3v) is 2.95. The van der Waals surface area contributed by atoms with E-state index in [2.05, 4.69) is 22.5 Å². The van der Waals surface area contributed by atoms with Crippen LogP contribution in [0.1, 0.15) is 23.7 Å². The Morgan fingerprint density at radius 3 is 2.95 bits per heavy atom. The van der Waals surface area contributed by atoms with Crippen LogP contribution in [0.2, 0.25) is 5.02 Å². The second-order valence-corrected chi connectivity index (χ2v) is 4.75. The Morgan fingerprint density at radius 2 is 2.20 bits per heavy atom. The fraction of sp³-hybridized carbons (Fsp3) is 0.200. The summed E-state index contributed by atoms with van der Waals surface area (Å²) in [5.74, 6) is -0.209. The Hall–Kier alpha value is -2.07. The highest BCUT2D eigenvalue weighted by molar-refractivity contribution is 6.31. The number of aromatic nitrogens is 1. The highest BCUT2D eigenvalue weighted by Crippen LogP contribution is 2.18. The van der Waals surface area contributed by atoms with Gasteiger partial charge >= 0.3 is 0 Å². The zero-order chi connectivity index (χ0) is 14.4. The molecular weight excluding hydrogens is 274 g/mol. The van der Waals surface area contributed by atoms with Crippen LogP contribution in [0.15, 0.2) is 42.7 Å². The third kappa shape index (κ3) is 3.71. The van der Waals surface area contributed by atoms with Crippen LogP contribution < -0.4 is 10.6 Å². The van der Waals surface area contributed by atoms with Crippen LogP contribution in [-0.2, 0) is 0 Å².